The van der Waals surface area contributed by atoms with Crippen LogP contribution < -0.4 is 5.73 Å². The molecule has 18 heavy (non-hydrogen) atoms. The molecule has 2 N–H and O–H groups in total. The Balaban J connectivity index is 0.00000162. The van der Waals surface area contributed by atoms with Crippen molar-refractivity contribution >= 4 is 28.3 Å². The molecule has 2 nitrogen and oxygen atoms in total. The van der Waals surface area contributed by atoms with Crippen LogP contribution in [0, 0.1) is 12.8 Å². The molecule has 1 aromatic carbocycles. The summed E-state index contributed by atoms with van der Waals surface area (Å²) in [7, 11) is 0. The van der Waals surface area contributed by atoms with Crippen molar-refractivity contribution < 1.29 is 0 Å². The lowest BCUT2D eigenvalue weighted by atomic mass is 9.98. The second-order valence-corrected chi connectivity index (χ2v) is 5.92. The molecule has 0 radical (unpaired) electrons. The molecule has 1 aliphatic rings. The fourth-order valence-electron chi connectivity index (χ4n) is 2.48. The van der Waals surface area contributed by atoms with E-state index < -0.39 is 0 Å². The number of rotatable bonds is 3. The lowest BCUT2D eigenvalue weighted by Gasteiger charge is -2.32. The largest absolute Gasteiger partial charge is 0.330 e. The van der Waals surface area contributed by atoms with Gasteiger partial charge in [-0.2, -0.15) is 0 Å². The van der Waals surface area contributed by atoms with Gasteiger partial charge < -0.3 is 5.73 Å². The van der Waals surface area contributed by atoms with Crippen LogP contribution in [0.15, 0.2) is 22.7 Å². The van der Waals surface area contributed by atoms with Gasteiger partial charge in [0, 0.05) is 17.6 Å². The fourth-order valence-corrected chi connectivity index (χ4v) is 2.91. The number of piperidine rings is 1. The first-order valence-corrected chi connectivity index (χ1v) is 7.16. The van der Waals surface area contributed by atoms with Crippen LogP contribution in [0.4, 0.5) is 0 Å². The maximum Gasteiger partial charge on any atom is 0.0234 e. The Morgan fingerprint density at radius 3 is 2.89 bits per heavy atom. The van der Waals surface area contributed by atoms with Gasteiger partial charge in [0.05, 0.1) is 0 Å². The predicted molar refractivity (Wildman–Crippen MR) is 83.2 cm³/mol. The van der Waals surface area contributed by atoms with Crippen molar-refractivity contribution in [2.45, 2.75) is 26.3 Å². The van der Waals surface area contributed by atoms with Crippen LogP contribution in [0.3, 0.4) is 0 Å². The van der Waals surface area contributed by atoms with Crippen LogP contribution in [0.25, 0.3) is 0 Å². The van der Waals surface area contributed by atoms with E-state index in [4.69, 9.17) is 5.73 Å². The third-order valence-electron chi connectivity index (χ3n) is 3.58. The third kappa shape index (κ3) is 4.23. The van der Waals surface area contributed by atoms with E-state index in [-0.39, 0.29) is 12.4 Å². The van der Waals surface area contributed by atoms with E-state index in [2.05, 4.69) is 46.0 Å². The maximum absolute atomic E-state index is 5.77. The SMILES string of the molecule is Cc1ccc(CN2CCCC(CN)C2)cc1Br.Cl. The van der Waals surface area contributed by atoms with Gasteiger partial charge in [0.25, 0.3) is 0 Å². The minimum Gasteiger partial charge on any atom is -0.330 e. The number of benzene rings is 1. The average Bonchev–Trinajstić information content (AvgIpc) is 2.34. The van der Waals surface area contributed by atoms with E-state index in [1.165, 1.54) is 35.0 Å². The molecule has 0 spiro atoms. The molecule has 0 aromatic heterocycles. The van der Waals surface area contributed by atoms with Gasteiger partial charge >= 0.3 is 0 Å². The molecule has 0 bridgehead atoms. The number of aryl methyl sites for hydroxylation is 1. The molecular weight excluding hydrogens is 312 g/mol. The first kappa shape index (κ1) is 16.0. The van der Waals surface area contributed by atoms with Crippen LogP contribution in [0.5, 0.6) is 0 Å². The Morgan fingerprint density at radius 1 is 1.44 bits per heavy atom. The highest BCUT2D eigenvalue weighted by atomic mass is 79.9. The van der Waals surface area contributed by atoms with Crippen molar-refractivity contribution in [3.05, 3.63) is 33.8 Å². The van der Waals surface area contributed by atoms with E-state index in [1.54, 1.807) is 0 Å². The highest BCUT2D eigenvalue weighted by molar-refractivity contribution is 9.10. The average molecular weight is 334 g/mol. The van der Waals surface area contributed by atoms with Gasteiger partial charge in [-0.1, -0.05) is 28.1 Å². The van der Waals surface area contributed by atoms with Crippen molar-refractivity contribution in [2.24, 2.45) is 11.7 Å². The van der Waals surface area contributed by atoms with E-state index >= 15 is 0 Å². The zero-order valence-corrected chi connectivity index (χ0v) is 13.3. The smallest absolute Gasteiger partial charge is 0.0234 e. The summed E-state index contributed by atoms with van der Waals surface area (Å²) in [6, 6.07) is 6.65. The highest BCUT2D eigenvalue weighted by Crippen LogP contribution is 2.21. The summed E-state index contributed by atoms with van der Waals surface area (Å²) in [5.74, 6) is 0.692. The molecule has 0 amide bonds. The van der Waals surface area contributed by atoms with Gasteiger partial charge in [-0.05, 0) is 56.0 Å². The minimum atomic E-state index is 0. The topological polar surface area (TPSA) is 29.3 Å². The quantitative estimate of drug-likeness (QED) is 0.919. The second-order valence-electron chi connectivity index (χ2n) is 5.06. The number of hydrogen-bond acceptors (Lipinski definition) is 2. The Labute approximate surface area is 124 Å². The molecule has 1 unspecified atom stereocenters. The fraction of sp³-hybridized carbons (Fsp3) is 0.571. The Kier molecular flexibility index (Phi) is 6.64. The normalized spacial score (nSPS) is 20.5. The maximum atomic E-state index is 5.77. The summed E-state index contributed by atoms with van der Waals surface area (Å²) in [4.78, 5) is 2.53. The molecule has 0 aliphatic carbocycles. The molecule has 1 saturated heterocycles. The summed E-state index contributed by atoms with van der Waals surface area (Å²) in [5, 5.41) is 0. The van der Waals surface area contributed by atoms with Crippen LogP contribution in [0.2, 0.25) is 0 Å². The summed E-state index contributed by atoms with van der Waals surface area (Å²) in [5.41, 5.74) is 8.46. The first-order chi connectivity index (χ1) is 8.19. The molecule has 1 fully saturated rings. The lowest BCUT2D eigenvalue weighted by Crippen LogP contribution is -2.37. The first-order valence-electron chi connectivity index (χ1n) is 6.36. The van der Waals surface area contributed by atoms with Gasteiger partial charge in [-0.3, -0.25) is 4.90 Å². The lowest BCUT2D eigenvalue weighted by molar-refractivity contribution is 0.171. The molecule has 1 aliphatic heterocycles. The molecule has 0 saturated carbocycles. The zero-order chi connectivity index (χ0) is 12.3. The van der Waals surface area contributed by atoms with Crippen LogP contribution in [-0.2, 0) is 6.54 Å². The number of likely N-dealkylation sites (tertiary alicyclic amines) is 1. The molecule has 102 valence electrons. The van der Waals surface area contributed by atoms with E-state index in [0.717, 1.165) is 19.6 Å². The van der Waals surface area contributed by atoms with Crippen LogP contribution in [0.1, 0.15) is 24.0 Å². The second kappa shape index (κ2) is 7.49. The predicted octanol–water partition coefficient (Wildman–Crippen LogP) is 3.35. The standard InChI is InChI=1S/C14H21BrN2.ClH/c1-11-4-5-12(7-14(11)15)9-17-6-2-3-13(8-16)10-17;/h4-5,7,13H,2-3,6,8-10,16H2,1H3;1H. The van der Waals surface area contributed by atoms with Gasteiger partial charge in [0.15, 0.2) is 0 Å². The summed E-state index contributed by atoms with van der Waals surface area (Å²) in [6.07, 6.45) is 2.58. The van der Waals surface area contributed by atoms with Crippen molar-refractivity contribution in [1.29, 1.82) is 0 Å². The van der Waals surface area contributed by atoms with Gasteiger partial charge in [0.1, 0.15) is 0 Å². The summed E-state index contributed by atoms with van der Waals surface area (Å²) < 4.78 is 1.21. The van der Waals surface area contributed by atoms with E-state index in [1.807, 2.05) is 0 Å². The molecule has 1 heterocycles. The van der Waals surface area contributed by atoms with Crippen molar-refractivity contribution in [3.63, 3.8) is 0 Å². The monoisotopic (exact) mass is 332 g/mol. The number of halogens is 2. The van der Waals surface area contributed by atoms with Gasteiger partial charge in [-0.25, -0.2) is 0 Å². The molecule has 1 aromatic rings. The number of hydrogen-bond donors (Lipinski definition) is 1. The molecular formula is C14H22BrClN2. The third-order valence-corrected chi connectivity index (χ3v) is 4.43. The number of nitrogens with two attached hydrogens (primary N) is 1. The van der Waals surface area contributed by atoms with Crippen LogP contribution in [-0.4, -0.2) is 24.5 Å². The van der Waals surface area contributed by atoms with Crippen LogP contribution >= 0.6 is 28.3 Å². The zero-order valence-electron chi connectivity index (χ0n) is 10.9. The molecule has 2 rings (SSSR count). The number of nitrogens with zero attached hydrogens (tertiary/aromatic N) is 1. The van der Waals surface area contributed by atoms with Crippen molar-refractivity contribution in [2.75, 3.05) is 19.6 Å². The molecule has 4 heteroatoms. The van der Waals surface area contributed by atoms with Crippen molar-refractivity contribution in [1.82, 2.24) is 4.90 Å². The Bertz CT molecular complexity index is 384. The minimum absolute atomic E-state index is 0. The Hall–Kier alpha value is -0.0900. The van der Waals surface area contributed by atoms with Gasteiger partial charge in [0.2, 0.25) is 0 Å². The summed E-state index contributed by atoms with van der Waals surface area (Å²) in [6.45, 7) is 6.37. The van der Waals surface area contributed by atoms with Crippen molar-refractivity contribution in [3.8, 4) is 0 Å². The highest BCUT2D eigenvalue weighted by Gasteiger charge is 2.18. The van der Waals surface area contributed by atoms with E-state index in [0.29, 0.717) is 5.92 Å². The Morgan fingerprint density at radius 2 is 2.22 bits per heavy atom. The molecule has 1 atom stereocenters. The van der Waals surface area contributed by atoms with E-state index in [9.17, 15) is 0 Å². The van der Waals surface area contributed by atoms with Gasteiger partial charge in [-0.15, -0.1) is 12.4 Å². The summed E-state index contributed by atoms with van der Waals surface area (Å²) >= 11 is 3.60.